The van der Waals surface area contributed by atoms with Crippen molar-refractivity contribution >= 4 is 28.4 Å². The lowest BCUT2D eigenvalue weighted by atomic mass is 9.69. The summed E-state index contributed by atoms with van der Waals surface area (Å²) in [6, 6.07) is 0. The van der Waals surface area contributed by atoms with Crippen LogP contribution in [0.4, 0.5) is 0 Å². The van der Waals surface area contributed by atoms with Crippen LogP contribution in [0.25, 0.3) is 0 Å². The maximum absolute atomic E-state index is 11.7. The van der Waals surface area contributed by atoms with Crippen molar-refractivity contribution in [3.05, 3.63) is 9.66 Å². The summed E-state index contributed by atoms with van der Waals surface area (Å²) in [5, 5.41) is 10.3. The van der Waals surface area contributed by atoms with Crippen molar-refractivity contribution in [2.45, 2.75) is 38.2 Å². The third-order valence-electron chi connectivity index (χ3n) is 3.56. The van der Waals surface area contributed by atoms with Gasteiger partial charge in [-0.25, -0.2) is 0 Å². The highest BCUT2D eigenvalue weighted by Crippen LogP contribution is 2.52. The molecule has 2 nitrogen and oxygen atoms in total. The van der Waals surface area contributed by atoms with E-state index in [9.17, 15) is 9.90 Å². The summed E-state index contributed by atoms with van der Waals surface area (Å²) in [6.07, 6.45) is 4.77. The number of carbonyl (C=O) groups is 1. The molecule has 1 fully saturated rings. The summed E-state index contributed by atoms with van der Waals surface area (Å²) in [5.41, 5.74) is -1.35. The highest BCUT2D eigenvalue weighted by Gasteiger charge is 2.56. The van der Waals surface area contributed by atoms with Crippen LogP contribution in [0.15, 0.2) is 9.66 Å². The van der Waals surface area contributed by atoms with Crippen LogP contribution in [0, 0.1) is 5.41 Å². The molecule has 0 aromatic heterocycles. The third kappa shape index (κ3) is 1.20. The lowest BCUT2D eigenvalue weighted by Gasteiger charge is -2.39. The van der Waals surface area contributed by atoms with E-state index in [2.05, 4.69) is 22.6 Å². The van der Waals surface area contributed by atoms with Crippen molar-refractivity contribution in [1.29, 1.82) is 0 Å². The maximum atomic E-state index is 11.7. The van der Waals surface area contributed by atoms with E-state index < -0.39 is 11.0 Å². The van der Waals surface area contributed by atoms with E-state index in [0.29, 0.717) is 12.8 Å². The Labute approximate surface area is 91.5 Å². The Morgan fingerprint density at radius 2 is 2.15 bits per heavy atom. The van der Waals surface area contributed by atoms with E-state index in [1.54, 1.807) is 0 Å². The highest BCUT2D eigenvalue weighted by atomic mass is 127. The van der Waals surface area contributed by atoms with Gasteiger partial charge in [-0.2, -0.15) is 0 Å². The Morgan fingerprint density at radius 3 is 2.85 bits per heavy atom. The van der Waals surface area contributed by atoms with E-state index in [1.165, 1.54) is 3.58 Å². The number of allylic oxidation sites excluding steroid dienone is 1. The summed E-state index contributed by atoms with van der Waals surface area (Å²) in [5.74, 6) is 0.232. The molecule has 0 bridgehead atoms. The zero-order valence-electron chi connectivity index (χ0n) is 7.64. The Morgan fingerprint density at radius 1 is 1.46 bits per heavy atom. The van der Waals surface area contributed by atoms with Gasteiger partial charge in [0, 0.05) is 6.42 Å². The van der Waals surface area contributed by atoms with Crippen LogP contribution in [0.1, 0.15) is 32.6 Å². The summed E-state index contributed by atoms with van der Waals surface area (Å²) in [4.78, 5) is 11.7. The molecule has 2 rings (SSSR count). The number of carbonyl (C=O) groups excluding carboxylic acids is 1. The van der Waals surface area contributed by atoms with Crippen LogP contribution in [0.2, 0.25) is 0 Å². The third-order valence-corrected chi connectivity index (χ3v) is 4.41. The molecule has 0 aliphatic heterocycles. The maximum Gasteiger partial charge on any atom is 0.142 e. The van der Waals surface area contributed by atoms with Crippen LogP contribution in [0.5, 0.6) is 0 Å². The molecule has 1 N–H and O–H groups in total. The van der Waals surface area contributed by atoms with E-state index in [4.69, 9.17) is 0 Å². The fourth-order valence-electron chi connectivity index (χ4n) is 2.39. The Kier molecular flexibility index (Phi) is 2.07. The summed E-state index contributed by atoms with van der Waals surface area (Å²) >= 11 is 2.25. The van der Waals surface area contributed by atoms with Gasteiger partial charge in [0.15, 0.2) is 0 Å². The fourth-order valence-corrected chi connectivity index (χ4v) is 3.17. The minimum atomic E-state index is -0.848. The average Bonchev–Trinajstić information content (AvgIpc) is 2.28. The largest absolute Gasteiger partial charge is 0.385 e. The van der Waals surface area contributed by atoms with Crippen molar-refractivity contribution in [2.24, 2.45) is 5.41 Å². The number of halogens is 1. The van der Waals surface area contributed by atoms with Gasteiger partial charge in [0.05, 0.1) is 11.0 Å². The summed E-state index contributed by atoms with van der Waals surface area (Å²) < 4.78 is 1.19. The molecular weight excluding hydrogens is 279 g/mol. The van der Waals surface area contributed by atoms with Crippen LogP contribution in [0.3, 0.4) is 0 Å². The number of ketones is 1. The minimum Gasteiger partial charge on any atom is -0.385 e. The van der Waals surface area contributed by atoms with Gasteiger partial charge >= 0.3 is 0 Å². The molecule has 13 heavy (non-hydrogen) atoms. The van der Waals surface area contributed by atoms with Gasteiger partial charge in [0.1, 0.15) is 5.78 Å². The normalized spacial score (nSPS) is 44.5. The summed E-state index contributed by atoms with van der Waals surface area (Å²) in [6.45, 7) is 1.90. The molecule has 0 saturated heterocycles. The number of hydrogen-bond acceptors (Lipinski definition) is 2. The second-order valence-electron chi connectivity index (χ2n) is 4.27. The Hall–Kier alpha value is 0.100. The molecule has 0 aromatic rings. The smallest absolute Gasteiger partial charge is 0.142 e. The lowest BCUT2D eigenvalue weighted by Crippen LogP contribution is -2.45. The molecule has 2 atom stereocenters. The molecule has 72 valence electrons. The predicted octanol–water partition coefficient (Wildman–Crippen LogP) is 2.20. The average molecular weight is 292 g/mol. The predicted molar refractivity (Wildman–Crippen MR) is 58.6 cm³/mol. The second-order valence-corrected chi connectivity index (χ2v) is 5.66. The molecular formula is C10H13IO2. The van der Waals surface area contributed by atoms with Crippen LogP contribution < -0.4 is 0 Å². The Balaban J connectivity index is 2.46. The SMILES string of the molecule is C[C@]12CCC(I)=C[C@@]1(O)CCC2=O. The number of fused-ring (bicyclic) bond motifs is 1. The van der Waals surface area contributed by atoms with Crippen LogP contribution in [-0.2, 0) is 4.79 Å². The lowest BCUT2D eigenvalue weighted by molar-refractivity contribution is -0.132. The van der Waals surface area contributed by atoms with Gasteiger partial charge in [-0.3, -0.25) is 4.79 Å². The minimum absolute atomic E-state index is 0.232. The van der Waals surface area contributed by atoms with E-state index >= 15 is 0 Å². The van der Waals surface area contributed by atoms with Crippen LogP contribution >= 0.6 is 22.6 Å². The van der Waals surface area contributed by atoms with Crippen molar-refractivity contribution < 1.29 is 9.90 Å². The molecule has 0 unspecified atom stereocenters. The monoisotopic (exact) mass is 292 g/mol. The molecule has 1 saturated carbocycles. The van der Waals surface area contributed by atoms with E-state index in [1.807, 2.05) is 13.0 Å². The molecule has 0 radical (unpaired) electrons. The van der Waals surface area contributed by atoms with Gasteiger partial charge < -0.3 is 5.11 Å². The van der Waals surface area contributed by atoms with E-state index in [0.717, 1.165) is 12.8 Å². The summed E-state index contributed by atoms with van der Waals surface area (Å²) in [7, 11) is 0. The highest BCUT2D eigenvalue weighted by molar-refractivity contribution is 14.1. The number of Topliss-reactive ketones (excluding diaryl/α,β-unsaturated/α-hetero) is 1. The zero-order valence-corrected chi connectivity index (χ0v) is 9.80. The second kappa shape index (κ2) is 2.79. The van der Waals surface area contributed by atoms with E-state index in [-0.39, 0.29) is 5.78 Å². The molecule has 3 heteroatoms. The van der Waals surface area contributed by atoms with Gasteiger partial charge in [-0.05, 0) is 58.4 Å². The molecule has 0 heterocycles. The molecule has 2 aliphatic rings. The number of aliphatic hydroxyl groups is 1. The van der Waals surface area contributed by atoms with Crippen molar-refractivity contribution in [2.75, 3.05) is 0 Å². The zero-order chi connectivity index (χ0) is 9.69. The number of rotatable bonds is 0. The van der Waals surface area contributed by atoms with Gasteiger partial charge in [-0.1, -0.05) is 0 Å². The molecule has 0 aromatic carbocycles. The van der Waals surface area contributed by atoms with Gasteiger partial charge in [0.25, 0.3) is 0 Å². The standard InChI is InChI=1S/C10H13IO2/c1-9-4-2-7(11)6-10(9,13)5-3-8(9)12/h6,13H,2-5H2,1H3/t9-,10+/m1/s1. The molecule has 0 spiro atoms. The first-order chi connectivity index (χ1) is 5.98. The Bertz CT molecular complexity index is 297. The van der Waals surface area contributed by atoms with Crippen LogP contribution in [-0.4, -0.2) is 16.5 Å². The fraction of sp³-hybridized carbons (Fsp3) is 0.700. The first-order valence-corrected chi connectivity index (χ1v) is 5.69. The number of hydrogen-bond donors (Lipinski definition) is 1. The quantitative estimate of drug-likeness (QED) is 0.695. The molecule has 0 amide bonds. The van der Waals surface area contributed by atoms with Gasteiger partial charge in [0.2, 0.25) is 0 Å². The first kappa shape index (κ1) is 9.65. The first-order valence-electron chi connectivity index (χ1n) is 4.61. The van der Waals surface area contributed by atoms with Crippen molar-refractivity contribution in [1.82, 2.24) is 0 Å². The van der Waals surface area contributed by atoms with Crippen molar-refractivity contribution in [3.8, 4) is 0 Å². The van der Waals surface area contributed by atoms with Gasteiger partial charge in [-0.15, -0.1) is 0 Å². The molecule has 2 aliphatic carbocycles. The van der Waals surface area contributed by atoms with Crippen molar-refractivity contribution in [3.63, 3.8) is 0 Å². The topological polar surface area (TPSA) is 37.3 Å².